The number of hydrogen-bond acceptors (Lipinski definition) is 5. The number of benzene rings is 2. The molecule has 0 unspecified atom stereocenters. The molecule has 1 heterocycles. The van der Waals surface area contributed by atoms with Gasteiger partial charge in [-0.2, -0.15) is 4.31 Å². The monoisotopic (exact) mass is 459 g/mol. The summed E-state index contributed by atoms with van der Waals surface area (Å²) in [6, 6.07) is 13.3. The van der Waals surface area contributed by atoms with Crippen LogP contribution in [0.1, 0.15) is 22.3 Å². The number of carbonyl (C=O) groups excluding carboxylic acids is 2. The Labute approximate surface area is 189 Å². The van der Waals surface area contributed by atoms with Crippen molar-refractivity contribution in [2.45, 2.75) is 38.3 Å². The Balaban J connectivity index is 1.58. The van der Waals surface area contributed by atoms with Crippen molar-refractivity contribution >= 4 is 21.8 Å². The van der Waals surface area contributed by atoms with Crippen LogP contribution in [-0.2, 0) is 30.8 Å². The number of nitrogens with zero attached hydrogens (tertiary/aromatic N) is 1. The van der Waals surface area contributed by atoms with Crippen molar-refractivity contribution in [3.63, 3.8) is 0 Å². The molecule has 1 saturated heterocycles. The first-order valence-corrected chi connectivity index (χ1v) is 12.0. The zero-order chi connectivity index (χ0) is 23.3. The third-order valence-corrected chi connectivity index (χ3v) is 7.50. The molecule has 1 fully saturated rings. The third kappa shape index (κ3) is 5.53. The Kier molecular flexibility index (Phi) is 7.65. The summed E-state index contributed by atoms with van der Waals surface area (Å²) in [5, 5.41) is 5.05. The van der Waals surface area contributed by atoms with E-state index >= 15 is 0 Å². The van der Waals surface area contributed by atoms with E-state index in [1.165, 1.54) is 4.31 Å². The highest BCUT2D eigenvalue weighted by atomic mass is 32.2. The smallest absolute Gasteiger partial charge is 0.309 e. The highest BCUT2D eigenvalue weighted by molar-refractivity contribution is 7.89. The summed E-state index contributed by atoms with van der Waals surface area (Å²) in [6.45, 7) is 6.04. The number of carbonyl (C=O) groups is 2. The molecule has 2 N–H and O–H groups in total. The van der Waals surface area contributed by atoms with Gasteiger partial charge in [0.15, 0.2) is 0 Å². The quantitative estimate of drug-likeness (QED) is 0.610. The van der Waals surface area contributed by atoms with Crippen molar-refractivity contribution in [2.75, 3.05) is 26.2 Å². The molecule has 0 saturated carbocycles. The highest BCUT2D eigenvalue weighted by Crippen LogP contribution is 2.28. The summed E-state index contributed by atoms with van der Waals surface area (Å²) >= 11 is 0. The predicted octanol–water partition coefficient (Wildman–Crippen LogP) is 1.43. The molecule has 0 bridgehead atoms. The summed E-state index contributed by atoms with van der Waals surface area (Å²) in [5.41, 5.74) is 3.36. The van der Waals surface area contributed by atoms with E-state index in [4.69, 9.17) is 4.74 Å². The topological polar surface area (TPSA) is 105 Å². The summed E-state index contributed by atoms with van der Waals surface area (Å²) < 4.78 is 33.4. The fourth-order valence-electron chi connectivity index (χ4n) is 3.94. The van der Waals surface area contributed by atoms with Gasteiger partial charge in [-0.3, -0.25) is 9.59 Å². The maximum atomic E-state index is 13.3. The SMILES string of the molecule is Cc1cc(C)c(S(=O)(=O)N2CCO[C@H]2CNC(=O)C(=O)NCCc2ccccc2)c(C)c1. The van der Waals surface area contributed by atoms with E-state index < -0.39 is 28.1 Å². The Hall–Kier alpha value is -2.75. The van der Waals surface area contributed by atoms with E-state index in [2.05, 4.69) is 10.6 Å². The molecule has 0 spiro atoms. The van der Waals surface area contributed by atoms with E-state index in [1.54, 1.807) is 13.8 Å². The van der Waals surface area contributed by atoms with E-state index in [9.17, 15) is 18.0 Å². The molecule has 8 nitrogen and oxygen atoms in total. The molecule has 9 heteroatoms. The van der Waals surface area contributed by atoms with Gasteiger partial charge in [0.1, 0.15) is 6.23 Å². The van der Waals surface area contributed by atoms with Crippen LogP contribution >= 0.6 is 0 Å². The van der Waals surface area contributed by atoms with E-state index in [0.29, 0.717) is 24.1 Å². The molecular formula is C23H29N3O5S. The van der Waals surface area contributed by atoms with Crippen LogP contribution < -0.4 is 10.6 Å². The number of rotatable bonds is 7. The van der Waals surface area contributed by atoms with Crippen molar-refractivity contribution in [2.24, 2.45) is 0 Å². The minimum atomic E-state index is -3.82. The van der Waals surface area contributed by atoms with Gasteiger partial charge >= 0.3 is 11.8 Å². The zero-order valence-electron chi connectivity index (χ0n) is 18.6. The average Bonchev–Trinajstić information content (AvgIpc) is 3.21. The van der Waals surface area contributed by atoms with Gasteiger partial charge in [0, 0.05) is 13.1 Å². The predicted molar refractivity (Wildman–Crippen MR) is 120 cm³/mol. The molecule has 2 aromatic carbocycles. The number of amides is 2. The second-order valence-electron chi connectivity index (χ2n) is 7.87. The van der Waals surface area contributed by atoms with Gasteiger partial charge in [0.2, 0.25) is 10.0 Å². The minimum absolute atomic E-state index is 0.117. The summed E-state index contributed by atoms with van der Waals surface area (Å²) in [7, 11) is -3.82. The average molecular weight is 460 g/mol. The molecule has 2 aromatic rings. The van der Waals surface area contributed by atoms with Crippen LogP contribution in [0, 0.1) is 20.8 Å². The van der Waals surface area contributed by atoms with E-state index in [1.807, 2.05) is 49.4 Å². The molecule has 2 amide bonds. The first-order chi connectivity index (χ1) is 15.2. The lowest BCUT2D eigenvalue weighted by atomic mass is 10.1. The minimum Gasteiger partial charge on any atom is -0.359 e. The standard InChI is InChI=1S/C23H29N3O5S/c1-16-13-17(2)21(18(3)14-16)32(29,30)26-11-12-31-20(26)15-25-23(28)22(27)24-10-9-19-7-5-4-6-8-19/h4-8,13-14,20H,9-12,15H2,1-3H3,(H,24,27)(H,25,28)/t20-/m0/s1. The molecule has 0 aromatic heterocycles. The van der Waals surface area contributed by atoms with Crippen molar-refractivity contribution < 1.29 is 22.7 Å². The maximum Gasteiger partial charge on any atom is 0.309 e. The van der Waals surface area contributed by atoms with Gasteiger partial charge in [-0.1, -0.05) is 48.0 Å². The highest BCUT2D eigenvalue weighted by Gasteiger charge is 2.38. The second-order valence-corrected chi connectivity index (χ2v) is 9.70. The Morgan fingerprint density at radius 1 is 1.03 bits per heavy atom. The summed E-state index contributed by atoms with van der Waals surface area (Å²) in [5.74, 6) is -1.59. The van der Waals surface area contributed by atoms with E-state index in [0.717, 1.165) is 11.1 Å². The number of nitrogens with one attached hydrogen (secondary N) is 2. The fraction of sp³-hybridized carbons (Fsp3) is 0.391. The van der Waals surface area contributed by atoms with Crippen LogP contribution in [0.5, 0.6) is 0 Å². The van der Waals surface area contributed by atoms with Crippen molar-refractivity contribution in [1.29, 1.82) is 0 Å². The Morgan fingerprint density at radius 3 is 2.31 bits per heavy atom. The van der Waals surface area contributed by atoms with E-state index in [-0.39, 0.29) is 24.6 Å². The summed E-state index contributed by atoms with van der Waals surface area (Å²) in [4.78, 5) is 24.5. The molecule has 1 aliphatic heterocycles. The van der Waals surface area contributed by atoms with Crippen molar-refractivity contribution in [3.05, 3.63) is 64.7 Å². The van der Waals surface area contributed by atoms with Gasteiger partial charge in [0.05, 0.1) is 18.0 Å². The molecule has 0 aliphatic carbocycles. The molecule has 1 aliphatic rings. The second kappa shape index (κ2) is 10.2. The van der Waals surface area contributed by atoms with Crippen molar-refractivity contribution in [1.82, 2.24) is 14.9 Å². The molecule has 172 valence electrons. The van der Waals surface area contributed by atoms with Crippen LogP contribution in [0.25, 0.3) is 0 Å². The Bertz CT molecular complexity index is 1060. The third-order valence-electron chi connectivity index (χ3n) is 5.30. The van der Waals surface area contributed by atoms with Gasteiger partial charge < -0.3 is 15.4 Å². The normalized spacial score (nSPS) is 16.7. The Morgan fingerprint density at radius 2 is 1.66 bits per heavy atom. The van der Waals surface area contributed by atoms with Crippen LogP contribution in [0.4, 0.5) is 0 Å². The zero-order valence-corrected chi connectivity index (χ0v) is 19.4. The van der Waals surface area contributed by atoms with Gasteiger partial charge in [-0.05, 0) is 43.9 Å². The molecule has 1 atom stereocenters. The molecule has 3 rings (SSSR count). The lowest BCUT2D eigenvalue weighted by Crippen LogP contribution is -2.47. The molecular weight excluding hydrogens is 430 g/mol. The van der Waals surface area contributed by atoms with Gasteiger partial charge in [-0.25, -0.2) is 8.42 Å². The van der Waals surface area contributed by atoms with Crippen LogP contribution in [-0.4, -0.2) is 57.0 Å². The number of ether oxygens (including phenoxy) is 1. The van der Waals surface area contributed by atoms with Crippen LogP contribution in [0.2, 0.25) is 0 Å². The fourth-order valence-corrected chi connectivity index (χ4v) is 5.86. The first kappa shape index (κ1) is 23.9. The van der Waals surface area contributed by atoms with Gasteiger partial charge in [-0.15, -0.1) is 0 Å². The van der Waals surface area contributed by atoms with Crippen molar-refractivity contribution in [3.8, 4) is 0 Å². The molecule has 0 radical (unpaired) electrons. The maximum absolute atomic E-state index is 13.3. The lowest BCUT2D eigenvalue weighted by Gasteiger charge is -2.24. The largest absolute Gasteiger partial charge is 0.359 e. The van der Waals surface area contributed by atoms with Crippen LogP contribution in [0.3, 0.4) is 0 Å². The number of hydrogen-bond donors (Lipinski definition) is 2. The number of aryl methyl sites for hydroxylation is 3. The number of sulfonamides is 1. The van der Waals surface area contributed by atoms with Crippen LogP contribution in [0.15, 0.2) is 47.4 Å². The molecule has 32 heavy (non-hydrogen) atoms. The summed E-state index contributed by atoms with van der Waals surface area (Å²) in [6.07, 6.45) is -0.270. The lowest BCUT2D eigenvalue weighted by molar-refractivity contribution is -0.139. The van der Waals surface area contributed by atoms with Gasteiger partial charge in [0.25, 0.3) is 0 Å². The first-order valence-electron chi connectivity index (χ1n) is 10.5.